The van der Waals surface area contributed by atoms with Gasteiger partial charge in [0, 0.05) is 51.0 Å². The van der Waals surface area contributed by atoms with Gasteiger partial charge in [-0.1, -0.05) is 6.07 Å². The van der Waals surface area contributed by atoms with E-state index in [9.17, 15) is 9.59 Å². The second-order valence-corrected chi connectivity index (χ2v) is 7.77. The van der Waals surface area contributed by atoms with Gasteiger partial charge in [-0.05, 0) is 44.9 Å². The number of fused-ring (bicyclic) bond motifs is 1. The van der Waals surface area contributed by atoms with Crippen LogP contribution in [0.25, 0.3) is 0 Å². The zero-order valence-electron chi connectivity index (χ0n) is 15.5. The number of amides is 2. The summed E-state index contributed by atoms with van der Waals surface area (Å²) in [7, 11) is 1.84. The molecule has 6 heteroatoms. The lowest BCUT2D eigenvalue weighted by atomic mass is 9.98. The Bertz CT molecular complexity index is 673. The first kappa shape index (κ1) is 17.6. The SMILES string of the molecule is CN1CCc2ccc(N3CCN(C(=O)OC(C)(C)C)CC3)cc2C1=O. The highest BCUT2D eigenvalue weighted by Gasteiger charge is 2.27. The molecule has 0 N–H and O–H groups in total. The maximum atomic E-state index is 12.4. The third-order valence-electron chi connectivity index (χ3n) is 4.68. The van der Waals surface area contributed by atoms with E-state index in [4.69, 9.17) is 4.74 Å². The Kier molecular flexibility index (Phi) is 4.62. The van der Waals surface area contributed by atoms with Crippen LogP contribution in [0.1, 0.15) is 36.7 Å². The minimum Gasteiger partial charge on any atom is -0.444 e. The number of rotatable bonds is 1. The average molecular weight is 345 g/mol. The van der Waals surface area contributed by atoms with Crippen LogP contribution in [-0.2, 0) is 11.2 Å². The fourth-order valence-electron chi connectivity index (χ4n) is 3.25. The standard InChI is InChI=1S/C19H27N3O3/c1-19(2,3)25-18(24)22-11-9-21(10-12-22)15-6-5-14-7-8-20(4)17(23)16(14)13-15/h5-6,13H,7-12H2,1-4H3. The first-order valence-corrected chi connectivity index (χ1v) is 8.86. The van der Waals surface area contributed by atoms with Crippen molar-refractivity contribution in [3.05, 3.63) is 29.3 Å². The summed E-state index contributed by atoms with van der Waals surface area (Å²) >= 11 is 0. The van der Waals surface area contributed by atoms with Gasteiger partial charge in [0.1, 0.15) is 5.60 Å². The van der Waals surface area contributed by atoms with E-state index in [1.165, 1.54) is 0 Å². The maximum Gasteiger partial charge on any atom is 0.410 e. The highest BCUT2D eigenvalue weighted by molar-refractivity contribution is 5.97. The molecule has 2 aliphatic rings. The van der Waals surface area contributed by atoms with Gasteiger partial charge in [0.2, 0.25) is 0 Å². The number of likely N-dealkylation sites (N-methyl/N-ethyl adjacent to an activating group) is 1. The summed E-state index contributed by atoms with van der Waals surface area (Å²) < 4.78 is 5.44. The third-order valence-corrected chi connectivity index (χ3v) is 4.68. The highest BCUT2D eigenvalue weighted by atomic mass is 16.6. The minimum absolute atomic E-state index is 0.0930. The number of hydrogen-bond donors (Lipinski definition) is 0. The number of carbonyl (C=O) groups excluding carboxylic acids is 2. The molecule has 1 aromatic rings. The van der Waals surface area contributed by atoms with Crippen LogP contribution in [0.3, 0.4) is 0 Å². The van der Waals surface area contributed by atoms with Crippen molar-refractivity contribution in [2.45, 2.75) is 32.8 Å². The monoisotopic (exact) mass is 345 g/mol. The first-order chi connectivity index (χ1) is 11.7. The molecule has 0 atom stereocenters. The smallest absolute Gasteiger partial charge is 0.410 e. The molecule has 0 bridgehead atoms. The highest BCUT2D eigenvalue weighted by Crippen LogP contribution is 2.25. The third kappa shape index (κ3) is 3.89. The number of benzene rings is 1. The zero-order chi connectivity index (χ0) is 18.2. The summed E-state index contributed by atoms with van der Waals surface area (Å²) in [4.78, 5) is 30.3. The molecule has 2 amide bonds. The van der Waals surface area contributed by atoms with Gasteiger partial charge in [-0.2, -0.15) is 0 Å². The molecule has 6 nitrogen and oxygen atoms in total. The molecule has 0 unspecified atom stereocenters. The Labute approximate surface area is 149 Å². The van der Waals surface area contributed by atoms with Crippen molar-refractivity contribution in [1.29, 1.82) is 0 Å². The summed E-state index contributed by atoms with van der Waals surface area (Å²) in [5.74, 6) is 0.0930. The molecular formula is C19H27N3O3. The molecule has 0 spiro atoms. The number of nitrogens with zero attached hydrogens (tertiary/aromatic N) is 3. The van der Waals surface area contributed by atoms with E-state index in [2.05, 4.69) is 17.0 Å². The van der Waals surface area contributed by atoms with Gasteiger partial charge in [-0.15, -0.1) is 0 Å². The van der Waals surface area contributed by atoms with Crippen molar-refractivity contribution in [2.24, 2.45) is 0 Å². The lowest BCUT2D eigenvalue weighted by Crippen LogP contribution is -2.50. The van der Waals surface area contributed by atoms with Crippen molar-refractivity contribution < 1.29 is 14.3 Å². The van der Waals surface area contributed by atoms with E-state index < -0.39 is 5.60 Å². The van der Waals surface area contributed by atoms with Crippen molar-refractivity contribution in [3.8, 4) is 0 Å². The van der Waals surface area contributed by atoms with E-state index >= 15 is 0 Å². The molecule has 1 aromatic carbocycles. The fraction of sp³-hybridized carbons (Fsp3) is 0.579. The van der Waals surface area contributed by atoms with E-state index in [1.807, 2.05) is 33.9 Å². The zero-order valence-corrected chi connectivity index (χ0v) is 15.5. The molecule has 2 aliphatic heterocycles. The first-order valence-electron chi connectivity index (χ1n) is 8.86. The van der Waals surface area contributed by atoms with Crippen molar-refractivity contribution >= 4 is 17.7 Å². The molecule has 0 aliphatic carbocycles. The fourth-order valence-corrected chi connectivity index (χ4v) is 3.25. The second-order valence-electron chi connectivity index (χ2n) is 7.77. The summed E-state index contributed by atoms with van der Waals surface area (Å²) in [5.41, 5.74) is 2.50. The number of hydrogen-bond acceptors (Lipinski definition) is 4. The molecule has 1 fully saturated rings. The molecule has 136 valence electrons. The minimum atomic E-state index is -0.473. The summed E-state index contributed by atoms with van der Waals surface area (Å²) in [5, 5.41) is 0. The molecule has 0 radical (unpaired) electrons. The second kappa shape index (κ2) is 6.58. The largest absolute Gasteiger partial charge is 0.444 e. The summed E-state index contributed by atoms with van der Waals surface area (Å²) in [6.45, 7) is 9.14. The Hall–Kier alpha value is -2.24. The molecule has 25 heavy (non-hydrogen) atoms. The lowest BCUT2D eigenvalue weighted by molar-refractivity contribution is 0.0240. The van der Waals surface area contributed by atoms with Gasteiger partial charge < -0.3 is 19.4 Å². The van der Waals surface area contributed by atoms with Gasteiger partial charge in [0.25, 0.3) is 5.91 Å². The van der Waals surface area contributed by atoms with Gasteiger partial charge in [0.05, 0.1) is 0 Å². The molecule has 3 rings (SSSR count). The number of carbonyl (C=O) groups is 2. The predicted molar refractivity (Wildman–Crippen MR) is 97.1 cm³/mol. The number of anilines is 1. The van der Waals surface area contributed by atoms with E-state index in [0.717, 1.165) is 42.9 Å². The Morgan fingerprint density at radius 3 is 2.40 bits per heavy atom. The van der Waals surface area contributed by atoms with E-state index in [0.29, 0.717) is 13.1 Å². The summed E-state index contributed by atoms with van der Waals surface area (Å²) in [6.07, 6.45) is 0.652. The van der Waals surface area contributed by atoms with Crippen LogP contribution in [0.2, 0.25) is 0 Å². The topological polar surface area (TPSA) is 53.1 Å². The molecule has 0 aromatic heterocycles. The predicted octanol–water partition coefficient (Wildman–Crippen LogP) is 2.37. The van der Waals surface area contributed by atoms with Crippen molar-refractivity contribution in [2.75, 3.05) is 44.7 Å². The number of piperazine rings is 1. The van der Waals surface area contributed by atoms with Crippen LogP contribution in [-0.4, -0.2) is 67.2 Å². The molecule has 2 heterocycles. The van der Waals surface area contributed by atoms with Crippen LogP contribution < -0.4 is 4.90 Å². The van der Waals surface area contributed by atoms with Crippen LogP contribution in [0.5, 0.6) is 0 Å². The Morgan fingerprint density at radius 2 is 1.76 bits per heavy atom. The quantitative estimate of drug-likeness (QED) is 0.784. The molecule has 0 saturated carbocycles. The maximum absolute atomic E-state index is 12.4. The van der Waals surface area contributed by atoms with E-state index in [-0.39, 0.29) is 12.0 Å². The van der Waals surface area contributed by atoms with Crippen LogP contribution in [0.15, 0.2) is 18.2 Å². The van der Waals surface area contributed by atoms with Gasteiger partial charge in [-0.3, -0.25) is 4.79 Å². The van der Waals surface area contributed by atoms with Crippen molar-refractivity contribution in [3.63, 3.8) is 0 Å². The molecule has 1 saturated heterocycles. The van der Waals surface area contributed by atoms with Crippen LogP contribution in [0.4, 0.5) is 10.5 Å². The van der Waals surface area contributed by atoms with Gasteiger partial charge in [0.15, 0.2) is 0 Å². The normalized spacial score (nSPS) is 18.2. The number of ether oxygens (including phenoxy) is 1. The van der Waals surface area contributed by atoms with Crippen LogP contribution >= 0.6 is 0 Å². The average Bonchev–Trinajstić information content (AvgIpc) is 2.57. The Morgan fingerprint density at radius 1 is 1.08 bits per heavy atom. The van der Waals surface area contributed by atoms with Gasteiger partial charge in [-0.25, -0.2) is 4.79 Å². The van der Waals surface area contributed by atoms with E-state index in [1.54, 1.807) is 9.80 Å². The van der Waals surface area contributed by atoms with Crippen molar-refractivity contribution in [1.82, 2.24) is 9.80 Å². The Balaban J connectivity index is 1.66. The lowest BCUT2D eigenvalue weighted by Gasteiger charge is -2.37. The van der Waals surface area contributed by atoms with Gasteiger partial charge >= 0.3 is 6.09 Å². The summed E-state index contributed by atoms with van der Waals surface area (Å²) in [6, 6.07) is 6.15. The van der Waals surface area contributed by atoms with Crippen LogP contribution in [0, 0.1) is 0 Å². The molecular weight excluding hydrogens is 318 g/mol.